The molecule has 0 amide bonds. The van der Waals surface area contributed by atoms with Crippen molar-refractivity contribution >= 4 is 23.6 Å². The Hall–Kier alpha value is -3.02. The highest BCUT2D eigenvalue weighted by Gasteiger charge is 2.09. The molecule has 0 aliphatic carbocycles. The summed E-state index contributed by atoms with van der Waals surface area (Å²) in [6.07, 6.45) is 1.65. The van der Waals surface area contributed by atoms with E-state index in [1.54, 1.807) is 12.3 Å². The Morgan fingerprint density at radius 1 is 1.17 bits per heavy atom. The quantitative estimate of drug-likeness (QED) is 0.412. The van der Waals surface area contributed by atoms with Crippen molar-refractivity contribution in [2.45, 2.75) is 13.8 Å². The summed E-state index contributed by atoms with van der Waals surface area (Å²) in [6, 6.07) is 12.2. The monoisotopic (exact) mass is 327 g/mol. The third-order valence-electron chi connectivity index (χ3n) is 3.66. The Morgan fingerprint density at radius 3 is 2.42 bits per heavy atom. The van der Waals surface area contributed by atoms with Gasteiger partial charge in [-0.15, -0.1) is 0 Å². The number of carboxylic acid groups (broad SMARTS) is 1. The molecule has 0 atom stereocenters. The number of carboxylic acids is 1. The molecule has 0 fully saturated rings. The van der Waals surface area contributed by atoms with Crippen LogP contribution in [0.2, 0.25) is 0 Å². The minimum absolute atomic E-state index is 0.168. The molecule has 2 aromatic carbocycles. The van der Waals surface area contributed by atoms with E-state index in [2.05, 4.69) is 29.3 Å². The van der Waals surface area contributed by atoms with Crippen molar-refractivity contribution in [1.82, 2.24) is 0 Å². The number of rotatable bonds is 7. The van der Waals surface area contributed by atoms with E-state index in [-0.39, 0.29) is 11.3 Å². The number of aromatic hydroxyl groups is 1. The zero-order valence-corrected chi connectivity index (χ0v) is 13.7. The molecule has 0 saturated heterocycles. The van der Waals surface area contributed by atoms with E-state index >= 15 is 0 Å². The Labute approximate surface area is 141 Å². The number of benzene rings is 2. The Bertz CT molecular complexity index is 723. The lowest BCUT2D eigenvalue weighted by atomic mass is 10.2. The molecule has 6 heteroatoms. The zero-order chi connectivity index (χ0) is 17.5. The first-order valence-corrected chi connectivity index (χ1v) is 7.75. The zero-order valence-electron chi connectivity index (χ0n) is 13.7. The molecular weight excluding hydrogens is 306 g/mol. The molecular formula is C18H21N3O3. The van der Waals surface area contributed by atoms with Crippen molar-refractivity contribution in [2.75, 3.05) is 23.4 Å². The largest absolute Gasteiger partial charge is 0.507 e. The van der Waals surface area contributed by atoms with Crippen LogP contribution in [-0.2, 0) is 0 Å². The summed E-state index contributed by atoms with van der Waals surface area (Å²) in [6.45, 7) is 6.15. The summed E-state index contributed by atoms with van der Waals surface area (Å²) < 4.78 is 0. The molecule has 0 spiro atoms. The third kappa shape index (κ3) is 4.25. The molecule has 3 N–H and O–H groups in total. The van der Waals surface area contributed by atoms with Gasteiger partial charge in [-0.05, 0) is 49.7 Å². The van der Waals surface area contributed by atoms with Gasteiger partial charge in [0.15, 0.2) is 0 Å². The first-order chi connectivity index (χ1) is 11.5. The number of aromatic carboxylic acids is 1. The lowest BCUT2D eigenvalue weighted by molar-refractivity contribution is 0.0694. The van der Waals surface area contributed by atoms with E-state index in [1.807, 2.05) is 24.3 Å². The molecule has 0 bridgehead atoms. The smallest absolute Gasteiger partial charge is 0.339 e. The molecule has 0 aliphatic rings. The van der Waals surface area contributed by atoms with Gasteiger partial charge in [0.2, 0.25) is 0 Å². The van der Waals surface area contributed by atoms with Crippen LogP contribution in [0.5, 0.6) is 5.75 Å². The maximum absolute atomic E-state index is 11.0. The summed E-state index contributed by atoms with van der Waals surface area (Å²) in [5.74, 6) is -1.46. The second kappa shape index (κ2) is 8.01. The van der Waals surface area contributed by atoms with Gasteiger partial charge in [-0.1, -0.05) is 12.1 Å². The number of phenols is 1. The van der Waals surface area contributed by atoms with E-state index < -0.39 is 5.97 Å². The van der Waals surface area contributed by atoms with Crippen molar-refractivity contribution in [3.63, 3.8) is 0 Å². The van der Waals surface area contributed by atoms with E-state index in [1.165, 1.54) is 12.1 Å². The first-order valence-electron chi connectivity index (χ1n) is 7.75. The minimum atomic E-state index is -1.19. The number of hydrogen-bond acceptors (Lipinski definition) is 5. The third-order valence-corrected chi connectivity index (χ3v) is 3.66. The second-order valence-electron chi connectivity index (χ2n) is 5.17. The van der Waals surface area contributed by atoms with Gasteiger partial charge in [0.25, 0.3) is 0 Å². The number of carbonyl (C=O) groups is 1. The van der Waals surface area contributed by atoms with Crippen LogP contribution >= 0.6 is 0 Å². The molecule has 24 heavy (non-hydrogen) atoms. The van der Waals surface area contributed by atoms with Crippen LogP contribution in [0, 0.1) is 0 Å². The van der Waals surface area contributed by atoms with Gasteiger partial charge in [0.05, 0.1) is 11.9 Å². The minimum Gasteiger partial charge on any atom is -0.507 e. The average molecular weight is 327 g/mol. The highest BCUT2D eigenvalue weighted by Crippen LogP contribution is 2.21. The lowest BCUT2D eigenvalue weighted by Gasteiger charge is -2.20. The SMILES string of the molecule is CCN(CC)c1ccc(C=NNc2ccc(O)c(C(=O)O)c2)cc1. The van der Waals surface area contributed by atoms with Gasteiger partial charge in [-0.3, -0.25) is 5.43 Å². The summed E-state index contributed by atoms with van der Waals surface area (Å²) in [7, 11) is 0. The Balaban J connectivity index is 2.04. The van der Waals surface area contributed by atoms with E-state index in [0.29, 0.717) is 5.69 Å². The van der Waals surface area contributed by atoms with Crippen LogP contribution in [0.3, 0.4) is 0 Å². The van der Waals surface area contributed by atoms with Crippen LogP contribution in [0.1, 0.15) is 29.8 Å². The normalized spacial score (nSPS) is 10.8. The summed E-state index contributed by atoms with van der Waals surface area (Å²) in [4.78, 5) is 13.2. The van der Waals surface area contributed by atoms with Crippen molar-refractivity contribution in [2.24, 2.45) is 5.10 Å². The molecule has 0 aromatic heterocycles. The standard InChI is InChI=1S/C18H21N3O3/c1-3-21(4-2)15-8-5-13(6-9-15)12-19-20-14-7-10-17(22)16(11-14)18(23)24/h5-12,20,22H,3-4H2,1-2H3,(H,23,24). The first kappa shape index (κ1) is 17.3. The van der Waals surface area contributed by atoms with Crippen molar-refractivity contribution in [3.8, 4) is 5.75 Å². The molecule has 6 nitrogen and oxygen atoms in total. The maximum atomic E-state index is 11.0. The molecule has 2 aromatic rings. The molecule has 0 heterocycles. The number of hydrazone groups is 1. The average Bonchev–Trinajstić information content (AvgIpc) is 2.58. The van der Waals surface area contributed by atoms with Gasteiger partial charge >= 0.3 is 5.97 Å². The van der Waals surface area contributed by atoms with Gasteiger partial charge in [0, 0.05) is 18.8 Å². The molecule has 0 radical (unpaired) electrons. The van der Waals surface area contributed by atoms with Gasteiger partial charge in [0.1, 0.15) is 11.3 Å². The van der Waals surface area contributed by atoms with Crippen LogP contribution in [0.4, 0.5) is 11.4 Å². The van der Waals surface area contributed by atoms with Gasteiger partial charge < -0.3 is 15.1 Å². The summed E-state index contributed by atoms with van der Waals surface area (Å²) in [5, 5.41) is 22.5. The predicted octanol–water partition coefficient (Wildman–Crippen LogP) is 3.38. The molecule has 0 saturated carbocycles. The summed E-state index contributed by atoms with van der Waals surface area (Å²) >= 11 is 0. The number of anilines is 2. The fourth-order valence-corrected chi connectivity index (χ4v) is 2.32. The van der Waals surface area contributed by atoms with Crippen LogP contribution in [0.15, 0.2) is 47.6 Å². The Morgan fingerprint density at radius 2 is 1.83 bits per heavy atom. The van der Waals surface area contributed by atoms with Crippen LogP contribution in [0.25, 0.3) is 0 Å². The van der Waals surface area contributed by atoms with Gasteiger partial charge in [-0.2, -0.15) is 5.10 Å². The highest BCUT2D eigenvalue weighted by molar-refractivity contribution is 5.92. The number of hydrogen-bond donors (Lipinski definition) is 3. The molecule has 2 rings (SSSR count). The van der Waals surface area contributed by atoms with E-state index in [9.17, 15) is 9.90 Å². The fourth-order valence-electron chi connectivity index (χ4n) is 2.32. The van der Waals surface area contributed by atoms with E-state index in [0.717, 1.165) is 24.3 Å². The molecule has 126 valence electrons. The molecule has 0 aliphatic heterocycles. The van der Waals surface area contributed by atoms with Crippen molar-refractivity contribution in [1.29, 1.82) is 0 Å². The van der Waals surface area contributed by atoms with E-state index in [4.69, 9.17) is 5.11 Å². The fraction of sp³-hybridized carbons (Fsp3) is 0.222. The second-order valence-corrected chi connectivity index (χ2v) is 5.17. The van der Waals surface area contributed by atoms with Crippen LogP contribution in [-0.4, -0.2) is 35.5 Å². The highest BCUT2D eigenvalue weighted by atomic mass is 16.4. The number of nitrogens with one attached hydrogen (secondary N) is 1. The van der Waals surface area contributed by atoms with Crippen molar-refractivity contribution < 1.29 is 15.0 Å². The topological polar surface area (TPSA) is 85.2 Å². The van der Waals surface area contributed by atoms with Gasteiger partial charge in [-0.25, -0.2) is 4.79 Å². The lowest BCUT2D eigenvalue weighted by Crippen LogP contribution is -2.21. The summed E-state index contributed by atoms with van der Waals surface area (Å²) in [5.41, 5.74) is 5.17. The number of nitrogens with zero attached hydrogens (tertiary/aromatic N) is 2. The maximum Gasteiger partial charge on any atom is 0.339 e. The molecule has 0 unspecified atom stereocenters. The Kier molecular flexibility index (Phi) is 5.78. The van der Waals surface area contributed by atoms with Crippen molar-refractivity contribution in [3.05, 3.63) is 53.6 Å². The predicted molar refractivity (Wildman–Crippen MR) is 96.3 cm³/mol. The van der Waals surface area contributed by atoms with Crippen LogP contribution < -0.4 is 10.3 Å².